The van der Waals surface area contributed by atoms with E-state index in [4.69, 9.17) is 42.9 Å². The minimum Gasteiger partial charge on any atom is -0.494 e. The Kier molecular flexibility index (Phi) is 13.9. The van der Waals surface area contributed by atoms with Crippen molar-refractivity contribution in [2.75, 3.05) is 47.1 Å². The van der Waals surface area contributed by atoms with E-state index in [0.717, 1.165) is 11.1 Å². The summed E-state index contributed by atoms with van der Waals surface area (Å²) in [6.45, 7) is 12.9. The zero-order chi connectivity index (χ0) is 30.9. The van der Waals surface area contributed by atoms with Gasteiger partial charge in [-0.3, -0.25) is 0 Å². The van der Waals surface area contributed by atoms with Crippen molar-refractivity contribution in [3.63, 3.8) is 0 Å². The first-order valence-corrected chi connectivity index (χ1v) is 13.6. The quantitative estimate of drug-likeness (QED) is 0.0275. The molecule has 10 nitrogen and oxygen atoms in total. The molecule has 10 heteroatoms. The third kappa shape index (κ3) is 12.1. The zero-order valence-corrected chi connectivity index (χ0v) is 24.8. The van der Waals surface area contributed by atoms with Gasteiger partial charge in [0.25, 0.3) is 0 Å². The van der Waals surface area contributed by atoms with Gasteiger partial charge < -0.3 is 38.0 Å². The fourth-order valence-corrected chi connectivity index (χ4v) is 3.50. The van der Waals surface area contributed by atoms with Crippen LogP contribution in [-0.2, 0) is 24.0 Å². The molecule has 0 saturated heterocycles. The lowest BCUT2D eigenvalue weighted by Crippen LogP contribution is -2.10. The van der Waals surface area contributed by atoms with Crippen molar-refractivity contribution in [1.82, 2.24) is 0 Å². The van der Waals surface area contributed by atoms with Crippen LogP contribution < -0.4 is 18.9 Å². The lowest BCUT2D eigenvalue weighted by Gasteiger charge is -2.13. The Labute approximate surface area is 252 Å². The lowest BCUT2D eigenvalue weighted by molar-refractivity contribution is -0.261. The van der Waals surface area contributed by atoms with Gasteiger partial charge >= 0.3 is 5.97 Å². The Balaban J connectivity index is 1.39. The molecule has 0 spiro atoms. The molecule has 0 aliphatic rings. The Hall–Kier alpha value is -4.51. The normalized spacial score (nSPS) is 10.5. The van der Waals surface area contributed by atoms with Crippen LogP contribution in [-0.4, -0.2) is 53.1 Å². The van der Waals surface area contributed by atoms with E-state index in [1.54, 1.807) is 68.6 Å². The first-order chi connectivity index (χ1) is 20.9. The number of carbonyl (C=O) groups excluding carboxylic acids is 1. The predicted molar refractivity (Wildman–Crippen MR) is 160 cm³/mol. The summed E-state index contributed by atoms with van der Waals surface area (Å²) in [5, 5.41) is 0. The number of carbonyl (C=O) groups is 1. The van der Waals surface area contributed by atoms with Gasteiger partial charge in [0.2, 0.25) is 6.79 Å². The molecule has 3 rings (SSSR count). The van der Waals surface area contributed by atoms with Crippen molar-refractivity contribution in [2.45, 2.75) is 20.3 Å². The van der Waals surface area contributed by atoms with E-state index in [1.807, 2.05) is 19.1 Å². The van der Waals surface area contributed by atoms with Gasteiger partial charge in [0, 0.05) is 19.1 Å². The molecule has 3 aromatic carbocycles. The van der Waals surface area contributed by atoms with Gasteiger partial charge in [-0.05, 0) is 74.0 Å². The number of hydrogen-bond donors (Lipinski definition) is 0. The van der Waals surface area contributed by atoms with Crippen LogP contribution in [0.5, 0.6) is 23.0 Å². The molecule has 0 aliphatic heterocycles. The molecule has 0 bridgehead atoms. The highest BCUT2D eigenvalue weighted by Crippen LogP contribution is 2.25. The second kappa shape index (κ2) is 18.1. The SMILES string of the molecule is C=C(C)OOCCCOc1ccc(OCOc2ccc(OC(=O)c3ccc(C(=C)OCCOCOC)cc3)cc2C)cc1. The van der Waals surface area contributed by atoms with Gasteiger partial charge in [-0.1, -0.05) is 25.3 Å². The van der Waals surface area contributed by atoms with E-state index in [9.17, 15) is 4.79 Å². The van der Waals surface area contributed by atoms with E-state index >= 15 is 0 Å². The second-order valence-electron chi connectivity index (χ2n) is 9.17. The molecule has 0 atom stereocenters. The largest absolute Gasteiger partial charge is 0.494 e. The summed E-state index contributed by atoms with van der Waals surface area (Å²) in [5.74, 6) is 2.84. The molecule has 0 saturated carbocycles. The first kappa shape index (κ1) is 33.0. The van der Waals surface area contributed by atoms with Gasteiger partial charge in [0.15, 0.2) is 0 Å². The van der Waals surface area contributed by atoms with Crippen molar-refractivity contribution >= 4 is 11.7 Å². The smallest absolute Gasteiger partial charge is 0.343 e. The molecule has 0 amide bonds. The number of methoxy groups -OCH3 is 1. The highest BCUT2D eigenvalue weighted by atomic mass is 17.2. The van der Waals surface area contributed by atoms with Crippen LogP contribution in [0.3, 0.4) is 0 Å². The Bertz CT molecular complexity index is 1300. The van der Waals surface area contributed by atoms with E-state index in [0.29, 0.717) is 72.9 Å². The van der Waals surface area contributed by atoms with Gasteiger partial charge in [0.1, 0.15) is 47.9 Å². The molecule has 0 aliphatic carbocycles. The van der Waals surface area contributed by atoms with Crippen molar-refractivity contribution < 1.29 is 47.7 Å². The predicted octanol–water partition coefficient (Wildman–Crippen LogP) is 6.49. The molecule has 0 unspecified atom stereocenters. The fraction of sp³-hybridized carbons (Fsp3) is 0.303. The summed E-state index contributed by atoms with van der Waals surface area (Å²) in [7, 11) is 1.55. The average molecular weight is 595 g/mol. The topological polar surface area (TPSA) is 100 Å². The van der Waals surface area contributed by atoms with Crippen molar-refractivity contribution in [2.24, 2.45) is 0 Å². The number of benzene rings is 3. The maximum absolute atomic E-state index is 12.7. The minimum absolute atomic E-state index is 0.00176. The lowest BCUT2D eigenvalue weighted by atomic mass is 10.1. The Morgan fingerprint density at radius 3 is 2.09 bits per heavy atom. The first-order valence-electron chi connectivity index (χ1n) is 13.6. The summed E-state index contributed by atoms with van der Waals surface area (Å²) < 4.78 is 38.2. The standard InChI is InChI=1S/C33H38O10/c1-24(2)43-41-18-6-17-38-29-11-13-30(14-12-29)39-23-40-32-16-15-31(21-25(32)3)42-33(34)28-9-7-27(8-10-28)26(4)37-20-19-36-22-35-5/h7-16,21H,1,4,6,17-20,22-23H2,2-3,5H3. The summed E-state index contributed by atoms with van der Waals surface area (Å²) >= 11 is 0. The Morgan fingerprint density at radius 1 is 0.744 bits per heavy atom. The van der Waals surface area contributed by atoms with Crippen LogP contribution in [0.25, 0.3) is 5.76 Å². The van der Waals surface area contributed by atoms with Gasteiger partial charge in [-0.15, -0.1) is 0 Å². The van der Waals surface area contributed by atoms with Gasteiger partial charge in [0.05, 0.1) is 25.4 Å². The molecule has 3 aromatic rings. The van der Waals surface area contributed by atoms with Gasteiger partial charge in [-0.25, -0.2) is 4.79 Å². The van der Waals surface area contributed by atoms with Crippen LogP contribution >= 0.6 is 0 Å². The van der Waals surface area contributed by atoms with Crippen LogP contribution in [0, 0.1) is 6.92 Å². The summed E-state index contributed by atoms with van der Waals surface area (Å²) in [4.78, 5) is 22.5. The van der Waals surface area contributed by atoms with Crippen LogP contribution in [0.2, 0.25) is 0 Å². The van der Waals surface area contributed by atoms with Crippen molar-refractivity contribution in [3.05, 3.63) is 102 Å². The van der Waals surface area contributed by atoms with E-state index < -0.39 is 5.97 Å². The van der Waals surface area contributed by atoms with Gasteiger partial charge in [-0.2, -0.15) is 4.89 Å². The molecule has 0 N–H and O–H groups in total. The monoisotopic (exact) mass is 594 g/mol. The molecule has 0 fully saturated rings. The van der Waals surface area contributed by atoms with Crippen LogP contribution in [0.1, 0.15) is 34.8 Å². The number of allylic oxidation sites excluding steroid dienone is 1. The van der Waals surface area contributed by atoms with E-state index in [1.165, 1.54) is 0 Å². The van der Waals surface area contributed by atoms with E-state index in [2.05, 4.69) is 13.2 Å². The Morgan fingerprint density at radius 2 is 1.42 bits per heavy atom. The molecular formula is C33H38O10. The highest BCUT2D eigenvalue weighted by Gasteiger charge is 2.11. The number of rotatable bonds is 20. The average Bonchev–Trinajstić information content (AvgIpc) is 3.00. The van der Waals surface area contributed by atoms with Crippen LogP contribution in [0.15, 0.2) is 85.6 Å². The molecule has 0 aromatic heterocycles. The number of hydrogen-bond acceptors (Lipinski definition) is 10. The zero-order valence-electron chi connectivity index (χ0n) is 24.8. The minimum atomic E-state index is -0.486. The molecular weight excluding hydrogens is 556 g/mol. The third-order valence-corrected chi connectivity index (χ3v) is 5.61. The number of ether oxygens (including phenoxy) is 7. The molecule has 0 heterocycles. The van der Waals surface area contributed by atoms with Crippen molar-refractivity contribution in [3.8, 4) is 23.0 Å². The molecule has 230 valence electrons. The fourth-order valence-electron chi connectivity index (χ4n) is 3.50. The number of aryl methyl sites for hydroxylation is 1. The third-order valence-electron chi connectivity index (χ3n) is 5.61. The van der Waals surface area contributed by atoms with E-state index in [-0.39, 0.29) is 13.6 Å². The van der Waals surface area contributed by atoms with Crippen LogP contribution in [0.4, 0.5) is 0 Å². The maximum Gasteiger partial charge on any atom is 0.343 e. The summed E-state index contributed by atoms with van der Waals surface area (Å²) in [5.41, 5.74) is 1.93. The second-order valence-corrected chi connectivity index (χ2v) is 9.17. The van der Waals surface area contributed by atoms with Crippen molar-refractivity contribution in [1.29, 1.82) is 0 Å². The highest BCUT2D eigenvalue weighted by molar-refractivity contribution is 5.91. The molecule has 43 heavy (non-hydrogen) atoms. The summed E-state index contributed by atoms with van der Waals surface area (Å²) in [6, 6.07) is 19.1. The summed E-state index contributed by atoms with van der Waals surface area (Å²) in [6.07, 6.45) is 0.670. The molecule has 0 radical (unpaired) electrons. The maximum atomic E-state index is 12.7. The number of esters is 1.